The number of hydrogen-bond acceptors (Lipinski definition) is 6. The molecule has 0 spiro atoms. The number of anilines is 1. The van der Waals surface area contributed by atoms with E-state index in [4.69, 9.17) is 19.6 Å². The van der Waals surface area contributed by atoms with Crippen LogP contribution in [0.25, 0.3) is 16.7 Å². The molecule has 1 saturated carbocycles. The summed E-state index contributed by atoms with van der Waals surface area (Å²) >= 11 is 0. The average molecular weight is 435 g/mol. The zero-order chi connectivity index (χ0) is 22.1. The minimum atomic E-state index is -0.423. The van der Waals surface area contributed by atoms with Gasteiger partial charge in [-0.1, -0.05) is 24.6 Å². The van der Waals surface area contributed by atoms with Crippen molar-refractivity contribution in [2.45, 2.75) is 38.0 Å². The fourth-order valence-corrected chi connectivity index (χ4v) is 4.87. The quantitative estimate of drug-likeness (QED) is 0.538. The monoisotopic (exact) mass is 434 g/mol. The Bertz CT molecular complexity index is 1100. The number of pyridine rings is 1. The molecule has 1 aromatic carbocycles. The highest BCUT2D eigenvalue weighted by Gasteiger charge is 2.31. The Balaban J connectivity index is 1.67. The highest BCUT2D eigenvalue weighted by molar-refractivity contribution is 5.99. The van der Waals surface area contributed by atoms with E-state index < -0.39 is 5.97 Å². The molecule has 0 N–H and O–H groups in total. The van der Waals surface area contributed by atoms with Crippen LogP contribution in [-0.2, 0) is 9.47 Å². The molecular weight excluding hydrogens is 404 g/mol. The van der Waals surface area contributed by atoms with Gasteiger partial charge in [0.2, 0.25) is 0 Å². The summed E-state index contributed by atoms with van der Waals surface area (Å²) in [6.45, 7) is 2.65. The fourth-order valence-electron chi connectivity index (χ4n) is 4.87. The van der Waals surface area contributed by atoms with Gasteiger partial charge in [0, 0.05) is 32.7 Å². The molecule has 2 aliphatic rings. The maximum Gasteiger partial charge on any atom is 0.356 e. The van der Waals surface area contributed by atoms with Gasteiger partial charge in [-0.25, -0.2) is 14.5 Å². The molecule has 0 atom stereocenters. The Morgan fingerprint density at radius 2 is 1.84 bits per heavy atom. The van der Waals surface area contributed by atoms with Crippen LogP contribution in [0.2, 0.25) is 0 Å². The Hall–Kier alpha value is -2.93. The normalized spacial score (nSPS) is 17.5. The fraction of sp³-hybridized carbons (Fsp3) is 0.480. The molecule has 1 aliphatic carbocycles. The van der Waals surface area contributed by atoms with Crippen molar-refractivity contribution in [1.29, 1.82) is 0 Å². The third kappa shape index (κ3) is 3.75. The number of para-hydroxylation sites is 1. The second kappa shape index (κ2) is 8.90. The predicted octanol–water partition coefficient (Wildman–Crippen LogP) is 4.34. The summed E-state index contributed by atoms with van der Waals surface area (Å²) in [6, 6.07) is 11.9. The van der Waals surface area contributed by atoms with Crippen LogP contribution in [0.5, 0.6) is 0 Å². The molecular formula is C25H30N4O3. The second-order valence-electron chi connectivity index (χ2n) is 8.86. The number of carbonyl (C=O) groups is 1. The highest BCUT2D eigenvalue weighted by Crippen LogP contribution is 2.43. The summed E-state index contributed by atoms with van der Waals surface area (Å²) < 4.78 is 12.3. The summed E-state index contributed by atoms with van der Waals surface area (Å²) in [6.07, 6.45) is 5.66. The molecule has 5 rings (SSSR count). The van der Waals surface area contributed by atoms with E-state index in [1.54, 1.807) is 7.11 Å². The van der Waals surface area contributed by atoms with Crippen LogP contribution in [0, 0.1) is 5.92 Å². The van der Waals surface area contributed by atoms with Crippen LogP contribution >= 0.6 is 0 Å². The van der Waals surface area contributed by atoms with Crippen LogP contribution in [0.1, 0.15) is 54.2 Å². The Morgan fingerprint density at radius 3 is 2.47 bits per heavy atom. The molecule has 0 unspecified atom stereocenters. The molecule has 7 nitrogen and oxygen atoms in total. The number of aromatic nitrogens is 3. The van der Waals surface area contributed by atoms with Gasteiger partial charge in [0.15, 0.2) is 11.3 Å². The zero-order valence-corrected chi connectivity index (χ0v) is 18.8. The highest BCUT2D eigenvalue weighted by atomic mass is 16.5. The van der Waals surface area contributed by atoms with E-state index in [9.17, 15) is 4.79 Å². The standard InChI is InChI=1S/C25H30N4O3/c1-31-16-17-11-13-28(14-12-17)21-15-20(25(30)32-2)26-24-22(21)23(18-7-6-8-18)27-29(24)19-9-4-3-5-10-19/h3-5,9-10,15,17-18H,6-8,11-14,16H2,1-2H3. The van der Waals surface area contributed by atoms with Gasteiger partial charge in [0.25, 0.3) is 0 Å². The number of methoxy groups -OCH3 is 2. The second-order valence-corrected chi connectivity index (χ2v) is 8.86. The first-order valence-corrected chi connectivity index (χ1v) is 11.5. The van der Waals surface area contributed by atoms with E-state index >= 15 is 0 Å². The van der Waals surface area contributed by atoms with E-state index in [0.29, 0.717) is 17.5 Å². The van der Waals surface area contributed by atoms with Gasteiger partial charge in [-0.05, 0) is 49.8 Å². The minimum Gasteiger partial charge on any atom is -0.464 e. The summed E-state index contributed by atoms with van der Waals surface area (Å²) in [4.78, 5) is 19.7. The molecule has 0 bridgehead atoms. The van der Waals surface area contributed by atoms with Gasteiger partial charge in [-0.15, -0.1) is 0 Å². The molecule has 0 amide bonds. The number of esters is 1. The van der Waals surface area contributed by atoms with Gasteiger partial charge >= 0.3 is 5.97 Å². The lowest BCUT2D eigenvalue weighted by molar-refractivity contribution is 0.0594. The Labute approximate surface area is 188 Å². The van der Waals surface area contributed by atoms with Crippen LogP contribution in [-0.4, -0.2) is 54.6 Å². The van der Waals surface area contributed by atoms with E-state index in [1.165, 1.54) is 13.5 Å². The molecule has 32 heavy (non-hydrogen) atoms. The van der Waals surface area contributed by atoms with Crippen molar-refractivity contribution in [2.75, 3.05) is 38.8 Å². The largest absolute Gasteiger partial charge is 0.464 e. The van der Waals surface area contributed by atoms with Crippen LogP contribution in [0.3, 0.4) is 0 Å². The van der Waals surface area contributed by atoms with E-state index in [1.807, 2.05) is 41.1 Å². The number of piperidine rings is 1. The molecule has 168 valence electrons. The number of rotatable bonds is 6. The molecule has 1 saturated heterocycles. The first kappa shape index (κ1) is 20.9. The van der Waals surface area contributed by atoms with Gasteiger partial charge in [0.05, 0.1) is 29.6 Å². The lowest BCUT2D eigenvalue weighted by Gasteiger charge is -2.34. The lowest BCUT2D eigenvalue weighted by atomic mass is 9.82. The molecule has 3 heterocycles. The molecule has 1 aliphatic heterocycles. The van der Waals surface area contributed by atoms with Crippen molar-refractivity contribution in [3.05, 3.63) is 47.8 Å². The molecule has 3 aromatic rings. The van der Waals surface area contributed by atoms with E-state index in [-0.39, 0.29) is 0 Å². The molecule has 2 fully saturated rings. The summed E-state index contributed by atoms with van der Waals surface area (Å²) in [5.74, 6) is 0.596. The number of ether oxygens (including phenoxy) is 2. The summed E-state index contributed by atoms with van der Waals surface area (Å²) in [7, 11) is 3.17. The van der Waals surface area contributed by atoms with Crippen molar-refractivity contribution in [2.24, 2.45) is 5.92 Å². The maximum atomic E-state index is 12.5. The van der Waals surface area contributed by atoms with Crippen molar-refractivity contribution in [3.8, 4) is 5.69 Å². The van der Waals surface area contributed by atoms with Crippen molar-refractivity contribution in [3.63, 3.8) is 0 Å². The van der Waals surface area contributed by atoms with E-state index in [0.717, 1.165) is 73.5 Å². The van der Waals surface area contributed by atoms with Gasteiger partial charge in [-0.3, -0.25) is 0 Å². The number of fused-ring (bicyclic) bond motifs is 1. The Kier molecular flexibility index (Phi) is 5.83. The third-order valence-electron chi connectivity index (χ3n) is 6.89. The van der Waals surface area contributed by atoms with Gasteiger partial charge in [0.1, 0.15) is 0 Å². The summed E-state index contributed by atoms with van der Waals surface area (Å²) in [5.41, 5.74) is 4.16. The van der Waals surface area contributed by atoms with Crippen molar-refractivity contribution < 1.29 is 14.3 Å². The topological polar surface area (TPSA) is 69.5 Å². The Morgan fingerprint density at radius 1 is 1.09 bits per heavy atom. The first-order valence-electron chi connectivity index (χ1n) is 11.5. The molecule has 7 heteroatoms. The molecule has 0 radical (unpaired) electrons. The minimum absolute atomic E-state index is 0.325. The summed E-state index contributed by atoms with van der Waals surface area (Å²) in [5, 5.41) is 6.14. The average Bonchev–Trinajstić information content (AvgIpc) is 3.17. The SMILES string of the molecule is COCC1CCN(c2cc(C(=O)OC)nc3c2c(C2CCC2)nn3-c2ccccc2)CC1. The van der Waals surface area contributed by atoms with Crippen LogP contribution in [0.4, 0.5) is 5.69 Å². The molecule has 2 aromatic heterocycles. The van der Waals surface area contributed by atoms with Crippen LogP contribution in [0.15, 0.2) is 36.4 Å². The van der Waals surface area contributed by atoms with Crippen molar-refractivity contribution in [1.82, 2.24) is 14.8 Å². The third-order valence-corrected chi connectivity index (χ3v) is 6.89. The smallest absolute Gasteiger partial charge is 0.356 e. The van der Waals surface area contributed by atoms with Gasteiger partial charge < -0.3 is 14.4 Å². The first-order chi connectivity index (χ1) is 15.7. The predicted molar refractivity (Wildman–Crippen MR) is 124 cm³/mol. The van der Waals surface area contributed by atoms with E-state index in [2.05, 4.69) is 4.90 Å². The number of benzene rings is 1. The zero-order valence-electron chi connectivity index (χ0n) is 18.8. The number of nitrogens with zero attached hydrogens (tertiary/aromatic N) is 4. The van der Waals surface area contributed by atoms with Crippen molar-refractivity contribution >= 4 is 22.7 Å². The van der Waals surface area contributed by atoms with Gasteiger partial charge in [-0.2, -0.15) is 5.10 Å². The number of hydrogen-bond donors (Lipinski definition) is 0. The lowest BCUT2D eigenvalue weighted by Crippen LogP contribution is -2.35. The van der Waals surface area contributed by atoms with Crippen LogP contribution < -0.4 is 4.90 Å². The maximum absolute atomic E-state index is 12.5. The number of carbonyl (C=O) groups excluding carboxylic acids is 1.